The van der Waals surface area contributed by atoms with Crippen molar-refractivity contribution < 1.29 is 30.0 Å². The maximum absolute atomic E-state index is 9.87. The minimum atomic E-state index is -1.30. The van der Waals surface area contributed by atoms with E-state index in [9.17, 15) is 20.1 Å². The van der Waals surface area contributed by atoms with Gasteiger partial charge in [0, 0.05) is 6.42 Å². The molecule has 0 aromatic heterocycles. The molecule has 138 valence electrons. The van der Waals surface area contributed by atoms with Gasteiger partial charge in [-0.3, -0.25) is 0 Å². The number of ether oxygens (including phenoxy) is 1. The summed E-state index contributed by atoms with van der Waals surface area (Å²) < 4.78 is 5.42. The summed E-state index contributed by atoms with van der Waals surface area (Å²) in [7, 11) is 0. The third-order valence-electron chi connectivity index (χ3n) is 3.27. The molecule has 1 aliphatic rings. The highest BCUT2D eigenvalue weighted by molar-refractivity contribution is 5.72. The van der Waals surface area contributed by atoms with Gasteiger partial charge in [0.25, 0.3) is 0 Å². The van der Waals surface area contributed by atoms with Gasteiger partial charge in [-0.25, -0.2) is 0 Å². The molecule has 0 aliphatic carbocycles. The number of ketones is 1. The summed E-state index contributed by atoms with van der Waals surface area (Å²) >= 11 is 0. The van der Waals surface area contributed by atoms with Crippen molar-refractivity contribution in [2.45, 2.75) is 64.6 Å². The number of hydrogen-bond donors (Lipinski definition) is 4. The lowest BCUT2D eigenvalue weighted by Crippen LogP contribution is -2.58. The summed E-state index contributed by atoms with van der Waals surface area (Å²) in [4.78, 5) is 9.44. The molecule has 1 aliphatic heterocycles. The number of carbonyl (C=O) groups is 1. The van der Waals surface area contributed by atoms with Crippen LogP contribution in [0, 0.1) is 0 Å². The lowest BCUT2D eigenvalue weighted by Gasteiger charge is -2.40. The third kappa shape index (κ3) is 7.51. The first-order valence-corrected chi connectivity index (χ1v) is 8.18. The van der Waals surface area contributed by atoms with E-state index in [2.05, 4.69) is 0 Å². The second-order valence-corrected chi connectivity index (χ2v) is 5.47. The van der Waals surface area contributed by atoms with Gasteiger partial charge in [0.15, 0.2) is 0 Å². The van der Waals surface area contributed by atoms with Gasteiger partial charge in [-0.05, 0) is 19.4 Å². The first-order valence-electron chi connectivity index (χ1n) is 8.18. The fraction of sp³-hybridized carbons (Fsp3) is 0.611. The van der Waals surface area contributed by atoms with Gasteiger partial charge in [-0.15, -0.1) is 0 Å². The topological polar surface area (TPSA) is 107 Å². The summed E-state index contributed by atoms with van der Waals surface area (Å²) in [5.41, 5.74) is 0.960. The van der Waals surface area contributed by atoms with E-state index >= 15 is 0 Å². The van der Waals surface area contributed by atoms with Crippen LogP contribution in [-0.2, 0) is 16.0 Å². The van der Waals surface area contributed by atoms with Crippen LogP contribution in [0.2, 0.25) is 0 Å². The molecule has 1 aromatic carbocycles. The van der Waals surface area contributed by atoms with E-state index in [1.165, 1.54) is 13.8 Å². The van der Waals surface area contributed by atoms with Gasteiger partial charge in [0.2, 0.25) is 0 Å². The Morgan fingerprint density at radius 1 is 0.958 bits per heavy atom. The molecule has 6 nitrogen and oxygen atoms in total. The summed E-state index contributed by atoms with van der Waals surface area (Å²) in [5.74, 6) is 0.167. The van der Waals surface area contributed by atoms with E-state index in [-0.39, 0.29) is 5.78 Å². The minimum absolute atomic E-state index is 0.167. The molecule has 0 saturated carbocycles. The summed E-state index contributed by atoms with van der Waals surface area (Å²) in [6.07, 6.45) is -4.81. The third-order valence-corrected chi connectivity index (χ3v) is 3.27. The van der Waals surface area contributed by atoms with Crippen molar-refractivity contribution in [1.29, 1.82) is 0 Å². The van der Waals surface area contributed by atoms with Crippen LogP contribution < -0.4 is 0 Å². The molecule has 2 rings (SSSR count). The number of aliphatic hydroxyl groups excluding tert-OH is 4. The van der Waals surface area contributed by atoms with E-state index < -0.39 is 37.1 Å². The van der Waals surface area contributed by atoms with E-state index in [0.717, 1.165) is 5.56 Å². The molecule has 0 radical (unpaired) electrons. The van der Waals surface area contributed by atoms with E-state index in [1.54, 1.807) is 0 Å². The Kier molecular flexibility index (Phi) is 11.4. The molecule has 1 heterocycles. The van der Waals surface area contributed by atoms with Crippen molar-refractivity contribution in [3.63, 3.8) is 0 Å². The zero-order valence-corrected chi connectivity index (χ0v) is 14.8. The van der Waals surface area contributed by atoms with Crippen molar-refractivity contribution in [2.24, 2.45) is 0 Å². The molecular formula is C18H30O6. The maximum Gasteiger partial charge on any atom is 0.126 e. The van der Waals surface area contributed by atoms with Crippen LogP contribution >= 0.6 is 0 Å². The van der Waals surface area contributed by atoms with Crippen molar-refractivity contribution in [1.82, 2.24) is 0 Å². The van der Waals surface area contributed by atoms with Crippen molar-refractivity contribution in [2.75, 3.05) is 6.61 Å². The SMILES string of the molecule is CC.CC(C)=O.OCC1OC(Cc2ccccc2)C(O)C(O)C1O. The van der Waals surface area contributed by atoms with Crippen LogP contribution in [-0.4, -0.2) is 63.3 Å². The van der Waals surface area contributed by atoms with E-state index in [0.29, 0.717) is 6.42 Å². The molecular weight excluding hydrogens is 312 g/mol. The highest BCUT2D eigenvalue weighted by Gasteiger charge is 2.43. The molecule has 1 saturated heterocycles. The molecule has 1 aromatic rings. The molecule has 0 bridgehead atoms. The van der Waals surface area contributed by atoms with Crippen molar-refractivity contribution >= 4 is 5.78 Å². The lowest BCUT2D eigenvalue weighted by atomic mass is 9.92. The van der Waals surface area contributed by atoms with Gasteiger partial charge in [0.1, 0.15) is 30.2 Å². The Morgan fingerprint density at radius 2 is 1.42 bits per heavy atom. The summed E-state index contributed by atoms with van der Waals surface area (Å²) in [6, 6.07) is 9.42. The Morgan fingerprint density at radius 3 is 1.88 bits per heavy atom. The predicted molar refractivity (Wildman–Crippen MR) is 91.6 cm³/mol. The predicted octanol–water partition coefficient (Wildman–Crippen LogP) is 0.693. The normalized spacial score (nSPS) is 28.8. The standard InChI is InChI=1S/C13H18O5.C3H6O.C2H6/c14-7-10-12(16)13(17)11(15)9(18-10)6-8-4-2-1-3-5-8;1-3(2)4;1-2/h1-5,9-17H,6-7H2;1-2H3;1-2H3. The van der Waals surface area contributed by atoms with Crippen LogP contribution in [0.4, 0.5) is 0 Å². The van der Waals surface area contributed by atoms with Gasteiger partial charge < -0.3 is 30.0 Å². The van der Waals surface area contributed by atoms with Crippen molar-refractivity contribution in [3.05, 3.63) is 35.9 Å². The van der Waals surface area contributed by atoms with Gasteiger partial charge in [0.05, 0.1) is 12.7 Å². The van der Waals surface area contributed by atoms with Crippen LogP contribution in [0.15, 0.2) is 30.3 Å². The average molecular weight is 342 g/mol. The van der Waals surface area contributed by atoms with Crippen LogP contribution in [0.1, 0.15) is 33.3 Å². The van der Waals surface area contributed by atoms with Gasteiger partial charge in [-0.1, -0.05) is 44.2 Å². The fourth-order valence-corrected chi connectivity index (χ4v) is 2.19. The monoisotopic (exact) mass is 342 g/mol. The summed E-state index contributed by atoms with van der Waals surface area (Å²) in [6.45, 7) is 6.66. The first kappa shape index (κ1) is 22.7. The number of benzene rings is 1. The van der Waals surface area contributed by atoms with E-state index in [1.807, 2.05) is 44.2 Å². The molecule has 1 fully saturated rings. The molecule has 6 heteroatoms. The number of rotatable bonds is 3. The first-order chi connectivity index (χ1) is 11.4. The second kappa shape index (κ2) is 12.1. The number of carbonyl (C=O) groups excluding carboxylic acids is 1. The highest BCUT2D eigenvalue weighted by atomic mass is 16.5. The molecule has 0 spiro atoms. The zero-order chi connectivity index (χ0) is 18.7. The molecule has 5 unspecified atom stereocenters. The Hall–Kier alpha value is -1.31. The number of Topliss-reactive ketones (excluding diaryl/α,β-unsaturated/α-hetero) is 1. The van der Waals surface area contributed by atoms with Gasteiger partial charge in [-0.2, -0.15) is 0 Å². The second-order valence-electron chi connectivity index (χ2n) is 5.47. The van der Waals surface area contributed by atoms with Crippen LogP contribution in [0.5, 0.6) is 0 Å². The Bertz CT molecular complexity index is 444. The Balaban J connectivity index is 0.000000773. The van der Waals surface area contributed by atoms with Gasteiger partial charge >= 0.3 is 0 Å². The minimum Gasteiger partial charge on any atom is -0.394 e. The molecule has 24 heavy (non-hydrogen) atoms. The fourth-order valence-electron chi connectivity index (χ4n) is 2.19. The van der Waals surface area contributed by atoms with Crippen molar-refractivity contribution in [3.8, 4) is 0 Å². The highest BCUT2D eigenvalue weighted by Crippen LogP contribution is 2.23. The molecule has 5 atom stereocenters. The average Bonchev–Trinajstić information content (AvgIpc) is 2.57. The quantitative estimate of drug-likeness (QED) is 0.644. The maximum atomic E-state index is 9.87. The van der Waals surface area contributed by atoms with E-state index in [4.69, 9.17) is 9.84 Å². The lowest BCUT2D eigenvalue weighted by molar-refractivity contribution is -0.228. The zero-order valence-electron chi connectivity index (χ0n) is 14.8. The number of hydrogen-bond acceptors (Lipinski definition) is 6. The van der Waals surface area contributed by atoms with Crippen LogP contribution in [0.3, 0.4) is 0 Å². The molecule has 4 N–H and O–H groups in total. The molecule has 0 amide bonds. The summed E-state index contributed by atoms with van der Waals surface area (Å²) in [5, 5.41) is 38.2. The van der Waals surface area contributed by atoms with Crippen LogP contribution in [0.25, 0.3) is 0 Å². The Labute approximate surface area is 143 Å². The number of aliphatic hydroxyl groups is 4. The smallest absolute Gasteiger partial charge is 0.126 e. The largest absolute Gasteiger partial charge is 0.394 e.